The highest BCUT2D eigenvalue weighted by Crippen LogP contribution is 2.34. The number of carbonyl (C=O) groups is 2. The van der Waals surface area contributed by atoms with Crippen LogP contribution in [0.4, 0.5) is 0 Å². The fourth-order valence-corrected chi connectivity index (χ4v) is 4.55. The average molecular weight is 412 g/mol. The smallest absolute Gasteiger partial charge is 0.264 e. The molecule has 1 saturated heterocycles. The first kappa shape index (κ1) is 21.5. The third-order valence-electron chi connectivity index (χ3n) is 4.86. The molecule has 0 bridgehead atoms. The SMILES string of the molecule is COc1ccc2sc(C(=O)N3CCCC(C(=O)NCCN)C3)c(C)c2c1.Cl. The first-order valence-electron chi connectivity index (χ1n) is 8.89. The molecule has 1 fully saturated rings. The molecule has 2 amide bonds. The Bertz CT molecular complexity index is 824. The Kier molecular flexibility index (Phi) is 7.47. The van der Waals surface area contributed by atoms with Crippen LogP contribution in [0.1, 0.15) is 28.1 Å². The quantitative estimate of drug-likeness (QED) is 0.791. The van der Waals surface area contributed by atoms with Gasteiger partial charge in [-0.3, -0.25) is 9.59 Å². The van der Waals surface area contributed by atoms with Crippen molar-refractivity contribution < 1.29 is 14.3 Å². The molecule has 1 aromatic carbocycles. The highest BCUT2D eigenvalue weighted by Gasteiger charge is 2.30. The summed E-state index contributed by atoms with van der Waals surface area (Å²) in [7, 11) is 1.64. The largest absolute Gasteiger partial charge is 0.497 e. The molecule has 1 atom stereocenters. The van der Waals surface area contributed by atoms with Gasteiger partial charge in [0.1, 0.15) is 5.75 Å². The number of carbonyl (C=O) groups excluding carboxylic acids is 2. The predicted molar refractivity (Wildman–Crippen MR) is 111 cm³/mol. The third-order valence-corrected chi connectivity index (χ3v) is 6.12. The summed E-state index contributed by atoms with van der Waals surface area (Å²) in [6.07, 6.45) is 1.65. The van der Waals surface area contributed by atoms with Crippen LogP contribution in [0, 0.1) is 12.8 Å². The van der Waals surface area contributed by atoms with E-state index in [-0.39, 0.29) is 30.1 Å². The molecule has 27 heavy (non-hydrogen) atoms. The number of fused-ring (bicyclic) bond motifs is 1. The van der Waals surface area contributed by atoms with E-state index in [1.165, 1.54) is 11.3 Å². The lowest BCUT2D eigenvalue weighted by atomic mass is 9.96. The molecule has 2 heterocycles. The molecule has 148 valence electrons. The van der Waals surface area contributed by atoms with Crippen LogP contribution in [0.5, 0.6) is 5.75 Å². The standard InChI is InChI=1S/C19H25N3O3S.ClH/c1-12-15-10-14(25-2)5-6-16(15)26-17(12)19(24)22-9-3-4-13(11-22)18(23)21-8-7-20;/h5-6,10,13H,3-4,7-9,11,20H2,1-2H3,(H,21,23);1H. The zero-order chi connectivity index (χ0) is 18.7. The second-order valence-electron chi connectivity index (χ2n) is 6.59. The van der Waals surface area contributed by atoms with Gasteiger partial charge in [0.25, 0.3) is 5.91 Å². The number of piperidine rings is 1. The van der Waals surface area contributed by atoms with Crippen molar-refractivity contribution in [3.63, 3.8) is 0 Å². The van der Waals surface area contributed by atoms with E-state index in [1.54, 1.807) is 7.11 Å². The Labute approximate surface area is 169 Å². The maximum absolute atomic E-state index is 13.1. The van der Waals surface area contributed by atoms with Crippen molar-refractivity contribution in [3.8, 4) is 5.75 Å². The lowest BCUT2D eigenvalue weighted by Gasteiger charge is -2.32. The Balaban J connectivity index is 0.00000261. The molecule has 0 radical (unpaired) electrons. The van der Waals surface area contributed by atoms with E-state index >= 15 is 0 Å². The summed E-state index contributed by atoms with van der Waals surface area (Å²) in [6.45, 7) is 4.02. The molecule has 1 aromatic heterocycles. The summed E-state index contributed by atoms with van der Waals surface area (Å²) in [5, 5.41) is 3.88. The number of nitrogens with two attached hydrogens (primary N) is 1. The number of ether oxygens (including phenoxy) is 1. The maximum Gasteiger partial charge on any atom is 0.264 e. The van der Waals surface area contributed by atoms with Crippen molar-refractivity contribution in [1.29, 1.82) is 0 Å². The van der Waals surface area contributed by atoms with E-state index in [2.05, 4.69) is 5.32 Å². The van der Waals surface area contributed by atoms with E-state index in [0.29, 0.717) is 26.2 Å². The molecule has 0 aliphatic carbocycles. The van der Waals surface area contributed by atoms with Gasteiger partial charge in [0.2, 0.25) is 5.91 Å². The van der Waals surface area contributed by atoms with E-state index in [4.69, 9.17) is 10.5 Å². The molecule has 1 unspecified atom stereocenters. The minimum Gasteiger partial charge on any atom is -0.497 e. The average Bonchev–Trinajstić information content (AvgIpc) is 3.01. The number of hydrogen-bond acceptors (Lipinski definition) is 5. The van der Waals surface area contributed by atoms with Crippen LogP contribution in [-0.2, 0) is 4.79 Å². The number of nitrogens with one attached hydrogen (secondary N) is 1. The summed E-state index contributed by atoms with van der Waals surface area (Å²) >= 11 is 1.50. The number of hydrogen-bond donors (Lipinski definition) is 2. The van der Waals surface area contributed by atoms with Gasteiger partial charge in [-0.25, -0.2) is 0 Å². The molecular weight excluding hydrogens is 386 g/mol. The number of benzene rings is 1. The second kappa shape index (κ2) is 9.39. The molecule has 1 aliphatic rings. The van der Waals surface area contributed by atoms with E-state index in [0.717, 1.165) is 39.1 Å². The van der Waals surface area contributed by atoms with Crippen LogP contribution in [0.15, 0.2) is 18.2 Å². The van der Waals surface area contributed by atoms with Crippen molar-refractivity contribution >= 4 is 45.6 Å². The van der Waals surface area contributed by atoms with Gasteiger partial charge >= 0.3 is 0 Å². The number of aryl methyl sites for hydroxylation is 1. The van der Waals surface area contributed by atoms with Gasteiger partial charge in [-0.05, 0) is 48.9 Å². The first-order chi connectivity index (χ1) is 12.5. The summed E-state index contributed by atoms with van der Waals surface area (Å²) < 4.78 is 6.36. The molecule has 6 nitrogen and oxygen atoms in total. The molecule has 8 heteroatoms. The number of nitrogens with zero attached hydrogens (tertiary/aromatic N) is 1. The molecule has 1 aliphatic heterocycles. The van der Waals surface area contributed by atoms with Gasteiger partial charge in [0.15, 0.2) is 0 Å². The molecule has 3 rings (SSSR count). The number of halogens is 1. The zero-order valence-electron chi connectivity index (χ0n) is 15.6. The first-order valence-corrected chi connectivity index (χ1v) is 9.71. The Morgan fingerprint density at radius 1 is 1.41 bits per heavy atom. The number of rotatable bonds is 5. The predicted octanol–water partition coefficient (Wildman–Crippen LogP) is 2.57. The van der Waals surface area contributed by atoms with Gasteiger partial charge < -0.3 is 20.7 Å². The van der Waals surface area contributed by atoms with E-state index < -0.39 is 0 Å². The normalized spacial score (nSPS) is 16.7. The highest BCUT2D eigenvalue weighted by atomic mass is 35.5. The number of likely N-dealkylation sites (tertiary alicyclic amines) is 1. The maximum atomic E-state index is 13.1. The molecular formula is C19H26ClN3O3S. The fourth-order valence-electron chi connectivity index (χ4n) is 3.39. The van der Waals surface area contributed by atoms with E-state index in [1.807, 2.05) is 30.0 Å². The second-order valence-corrected chi connectivity index (χ2v) is 7.64. The fraction of sp³-hybridized carbons (Fsp3) is 0.474. The van der Waals surface area contributed by atoms with Crippen molar-refractivity contribution in [3.05, 3.63) is 28.6 Å². The molecule has 0 spiro atoms. The van der Waals surface area contributed by atoms with Gasteiger partial charge in [-0.2, -0.15) is 0 Å². The van der Waals surface area contributed by atoms with Crippen molar-refractivity contribution in [2.45, 2.75) is 19.8 Å². The Morgan fingerprint density at radius 2 is 2.19 bits per heavy atom. The molecule has 0 saturated carbocycles. The van der Waals surface area contributed by atoms with Crippen LogP contribution < -0.4 is 15.8 Å². The summed E-state index contributed by atoms with van der Waals surface area (Å²) in [5.74, 6) is 0.630. The molecule has 2 aromatic rings. The summed E-state index contributed by atoms with van der Waals surface area (Å²) in [4.78, 5) is 27.9. The highest BCUT2D eigenvalue weighted by molar-refractivity contribution is 7.21. The van der Waals surface area contributed by atoms with Crippen molar-refractivity contribution in [2.24, 2.45) is 11.7 Å². The van der Waals surface area contributed by atoms with Crippen LogP contribution in [-0.4, -0.2) is 50.0 Å². The summed E-state index contributed by atoms with van der Waals surface area (Å²) in [6, 6.07) is 5.87. The van der Waals surface area contributed by atoms with Crippen LogP contribution in [0.3, 0.4) is 0 Å². The minimum absolute atomic E-state index is 0. The molecule has 3 N–H and O–H groups in total. The van der Waals surface area contributed by atoms with E-state index in [9.17, 15) is 9.59 Å². The monoisotopic (exact) mass is 411 g/mol. The van der Waals surface area contributed by atoms with Crippen molar-refractivity contribution in [1.82, 2.24) is 10.2 Å². The van der Waals surface area contributed by atoms with Gasteiger partial charge in [0.05, 0.1) is 17.9 Å². The van der Waals surface area contributed by atoms with Gasteiger partial charge in [0, 0.05) is 30.9 Å². The Hall–Kier alpha value is -1.83. The van der Waals surface area contributed by atoms with Crippen molar-refractivity contribution in [2.75, 3.05) is 33.3 Å². The summed E-state index contributed by atoms with van der Waals surface area (Å²) in [5.41, 5.74) is 6.42. The van der Waals surface area contributed by atoms with Gasteiger partial charge in [-0.15, -0.1) is 23.7 Å². The number of thiophene rings is 1. The Morgan fingerprint density at radius 3 is 2.89 bits per heavy atom. The lowest BCUT2D eigenvalue weighted by Crippen LogP contribution is -2.46. The van der Waals surface area contributed by atoms with Crippen LogP contribution in [0.25, 0.3) is 10.1 Å². The van der Waals surface area contributed by atoms with Gasteiger partial charge in [-0.1, -0.05) is 0 Å². The third kappa shape index (κ3) is 4.54. The zero-order valence-corrected chi connectivity index (χ0v) is 17.3. The topological polar surface area (TPSA) is 84.7 Å². The number of methoxy groups -OCH3 is 1. The van der Waals surface area contributed by atoms with Crippen LogP contribution >= 0.6 is 23.7 Å². The minimum atomic E-state index is -0.158. The van der Waals surface area contributed by atoms with Crippen LogP contribution in [0.2, 0.25) is 0 Å². The number of amides is 2. The lowest BCUT2D eigenvalue weighted by molar-refractivity contribution is -0.126.